The normalized spacial score (nSPS) is 13.8. The lowest BCUT2D eigenvalue weighted by atomic mass is 10.0. The number of phenolic OH excluding ortho intramolecular Hbond substituents is 1. The molecule has 0 bridgehead atoms. The van der Waals surface area contributed by atoms with Crippen molar-refractivity contribution in [3.05, 3.63) is 83.9 Å². The summed E-state index contributed by atoms with van der Waals surface area (Å²) in [5, 5.41) is 27.3. The van der Waals surface area contributed by atoms with E-state index in [4.69, 9.17) is 5.73 Å². The number of imidazole rings is 1. The lowest BCUT2D eigenvalue weighted by Crippen LogP contribution is -2.58. The quantitative estimate of drug-likeness (QED) is 0.125. The van der Waals surface area contributed by atoms with Crippen molar-refractivity contribution in [3.63, 3.8) is 0 Å². The second-order valence-electron chi connectivity index (χ2n) is 9.75. The van der Waals surface area contributed by atoms with Gasteiger partial charge >= 0.3 is 5.97 Å². The highest BCUT2D eigenvalue weighted by Crippen LogP contribution is 2.13. The number of aromatic hydroxyl groups is 1. The number of nitrogens with two attached hydrogens (primary N) is 1. The Labute approximate surface area is 247 Å². The van der Waals surface area contributed by atoms with Gasteiger partial charge in [0, 0.05) is 24.7 Å². The molecule has 4 unspecified atom stereocenters. The van der Waals surface area contributed by atoms with Gasteiger partial charge in [0.05, 0.1) is 12.4 Å². The number of carboxylic acid groups (broad SMARTS) is 1. The number of hydrogen-bond acceptors (Lipinski definition) is 8. The largest absolute Gasteiger partial charge is 0.508 e. The van der Waals surface area contributed by atoms with Gasteiger partial charge in [0.25, 0.3) is 0 Å². The van der Waals surface area contributed by atoms with E-state index in [1.54, 1.807) is 12.1 Å². The van der Waals surface area contributed by atoms with Gasteiger partial charge in [-0.15, -0.1) is 0 Å². The molecule has 0 aliphatic carbocycles. The molecule has 3 amide bonds. The SMILES string of the molecule is CSCCC(NC(=O)C(N)Cc1ccccc1)C(=O)NC(Cc1ccc(O)cc1)C(=O)NC(Cc1cnc[nH]1)C(=O)O. The summed E-state index contributed by atoms with van der Waals surface area (Å²) >= 11 is 1.49. The highest BCUT2D eigenvalue weighted by atomic mass is 32.2. The summed E-state index contributed by atoms with van der Waals surface area (Å²) in [7, 11) is 0. The first-order valence-corrected chi connectivity index (χ1v) is 14.7. The third-order valence-electron chi connectivity index (χ3n) is 6.48. The van der Waals surface area contributed by atoms with Crippen LogP contribution in [0.3, 0.4) is 0 Å². The fraction of sp³-hybridized carbons (Fsp3) is 0.345. The maximum Gasteiger partial charge on any atom is 0.326 e. The minimum Gasteiger partial charge on any atom is -0.508 e. The molecule has 0 fully saturated rings. The fourth-order valence-corrected chi connectivity index (χ4v) is 4.65. The fourth-order valence-electron chi connectivity index (χ4n) is 4.18. The molecule has 2 aromatic carbocycles. The Bertz CT molecular complexity index is 1310. The van der Waals surface area contributed by atoms with Gasteiger partial charge in [-0.25, -0.2) is 9.78 Å². The van der Waals surface area contributed by atoms with Crippen LogP contribution in [0, 0.1) is 0 Å². The number of hydrogen-bond donors (Lipinski definition) is 7. The molecule has 12 nitrogen and oxygen atoms in total. The third kappa shape index (κ3) is 10.2. The molecule has 0 spiro atoms. The van der Waals surface area contributed by atoms with Crippen LogP contribution in [0.15, 0.2) is 67.1 Å². The molecule has 8 N–H and O–H groups in total. The number of rotatable bonds is 16. The number of H-pyrrole nitrogens is 1. The van der Waals surface area contributed by atoms with Crippen LogP contribution in [0.25, 0.3) is 0 Å². The van der Waals surface area contributed by atoms with Gasteiger partial charge < -0.3 is 36.9 Å². The number of aromatic nitrogens is 2. The number of carbonyl (C=O) groups excluding carboxylic acids is 3. The van der Waals surface area contributed by atoms with Gasteiger partial charge in [0.15, 0.2) is 0 Å². The highest BCUT2D eigenvalue weighted by Gasteiger charge is 2.30. The lowest BCUT2D eigenvalue weighted by molar-refractivity contribution is -0.142. The van der Waals surface area contributed by atoms with E-state index in [0.29, 0.717) is 17.0 Å². The summed E-state index contributed by atoms with van der Waals surface area (Å²) < 4.78 is 0. The molecule has 3 rings (SSSR count). The number of phenols is 1. The van der Waals surface area contributed by atoms with Gasteiger partial charge in [-0.05, 0) is 48.1 Å². The van der Waals surface area contributed by atoms with Crippen molar-refractivity contribution >= 4 is 35.5 Å². The molecule has 0 saturated heterocycles. The van der Waals surface area contributed by atoms with E-state index < -0.39 is 47.9 Å². The average Bonchev–Trinajstić information content (AvgIpc) is 3.49. The van der Waals surface area contributed by atoms with Gasteiger partial charge in [-0.2, -0.15) is 11.8 Å². The number of nitrogens with one attached hydrogen (secondary N) is 4. The average molecular weight is 597 g/mol. The number of carbonyl (C=O) groups is 4. The van der Waals surface area contributed by atoms with Gasteiger partial charge in [0.1, 0.15) is 23.9 Å². The first-order valence-electron chi connectivity index (χ1n) is 13.3. The molecule has 4 atom stereocenters. The number of thioether (sulfide) groups is 1. The van der Waals surface area contributed by atoms with E-state index in [2.05, 4.69) is 25.9 Å². The van der Waals surface area contributed by atoms with E-state index in [1.807, 2.05) is 36.6 Å². The number of amides is 3. The molecule has 13 heteroatoms. The molecule has 0 aliphatic rings. The van der Waals surface area contributed by atoms with Crippen molar-refractivity contribution in [1.29, 1.82) is 0 Å². The Morgan fingerprint density at radius 2 is 1.48 bits per heavy atom. The molecule has 0 saturated carbocycles. The van der Waals surface area contributed by atoms with Crippen molar-refractivity contribution < 1.29 is 29.4 Å². The summed E-state index contributed by atoms with van der Waals surface area (Å²) in [6.07, 6.45) is 5.24. The number of benzene rings is 2. The van der Waals surface area contributed by atoms with E-state index in [-0.39, 0.29) is 31.4 Å². The van der Waals surface area contributed by atoms with Crippen molar-refractivity contribution in [3.8, 4) is 5.75 Å². The minimum atomic E-state index is -1.29. The van der Waals surface area contributed by atoms with E-state index >= 15 is 0 Å². The van der Waals surface area contributed by atoms with Crippen molar-refractivity contribution in [2.24, 2.45) is 5.73 Å². The third-order valence-corrected chi connectivity index (χ3v) is 7.13. The van der Waals surface area contributed by atoms with Crippen LogP contribution in [0.4, 0.5) is 0 Å². The monoisotopic (exact) mass is 596 g/mol. The molecular formula is C29H36N6O6S. The predicted molar refractivity (Wildman–Crippen MR) is 159 cm³/mol. The van der Waals surface area contributed by atoms with Crippen LogP contribution in [0.5, 0.6) is 5.75 Å². The summed E-state index contributed by atoms with van der Waals surface area (Å²) in [6.45, 7) is 0. The van der Waals surface area contributed by atoms with Crippen LogP contribution in [0.1, 0.15) is 23.2 Å². The molecule has 0 radical (unpaired) electrons. The zero-order chi connectivity index (χ0) is 30.5. The van der Waals surface area contributed by atoms with Crippen LogP contribution in [0.2, 0.25) is 0 Å². The first-order chi connectivity index (χ1) is 20.2. The molecule has 42 heavy (non-hydrogen) atoms. The Morgan fingerprint density at radius 1 is 0.857 bits per heavy atom. The van der Waals surface area contributed by atoms with Gasteiger partial charge in [-0.1, -0.05) is 42.5 Å². The predicted octanol–water partition coefficient (Wildman–Crippen LogP) is 0.763. The van der Waals surface area contributed by atoms with Crippen LogP contribution in [-0.2, 0) is 38.4 Å². The molecule has 224 valence electrons. The van der Waals surface area contributed by atoms with E-state index in [9.17, 15) is 29.4 Å². The number of aliphatic carboxylic acids is 1. The second-order valence-corrected chi connectivity index (χ2v) is 10.7. The minimum absolute atomic E-state index is 0.00493. The number of nitrogens with zero attached hydrogens (tertiary/aromatic N) is 1. The maximum absolute atomic E-state index is 13.5. The van der Waals surface area contributed by atoms with E-state index in [0.717, 1.165) is 5.56 Å². The summed E-state index contributed by atoms with van der Waals surface area (Å²) in [4.78, 5) is 58.4. The first kappa shape index (κ1) is 32.2. The lowest BCUT2D eigenvalue weighted by Gasteiger charge is -2.25. The Hall–Kier alpha value is -4.36. The van der Waals surface area contributed by atoms with Crippen molar-refractivity contribution in [1.82, 2.24) is 25.9 Å². The van der Waals surface area contributed by atoms with Crippen molar-refractivity contribution in [2.45, 2.75) is 49.9 Å². The molecule has 3 aromatic rings. The second kappa shape index (κ2) is 16.2. The van der Waals surface area contributed by atoms with Gasteiger partial charge in [0.2, 0.25) is 17.7 Å². The molecule has 1 heterocycles. The maximum atomic E-state index is 13.5. The van der Waals surface area contributed by atoms with Crippen LogP contribution < -0.4 is 21.7 Å². The standard InChI is InChI=1S/C29H36N6O6S/c1-42-12-11-23(33-26(37)22(30)13-18-5-3-2-4-6-18)27(38)34-24(14-19-7-9-21(36)10-8-19)28(39)35-25(29(40)41)15-20-16-31-17-32-20/h2-10,16-17,22-25,36H,11-15,30H2,1H3,(H,31,32)(H,33,37)(H,34,38)(H,35,39)(H,40,41). The Kier molecular flexibility index (Phi) is 12.4. The Balaban J connectivity index is 1.76. The summed E-state index contributed by atoms with van der Waals surface area (Å²) in [5.74, 6) is -2.52. The van der Waals surface area contributed by atoms with Crippen LogP contribution in [-0.4, -0.2) is 80.0 Å². The van der Waals surface area contributed by atoms with Gasteiger partial charge in [-0.3, -0.25) is 14.4 Å². The topological polar surface area (TPSA) is 200 Å². The Morgan fingerprint density at radius 3 is 2.10 bits per heavy atom. The zero-order valence-corrected chi connectivity index (χ0v) is 24.0. The summed E-state index contributed by atoms with van der Waals surface area (Å²) in [5.41, 5.74) is 8.13. The highest BCUT2D eigenvalue weighted by molar-refractivity contribution is 7.98. The molecule has 1 aromatic heterocycles. The number of carboxylic acids is 1. The summed E-state index contributed by atoms with van der Waals surface area (Å²) in [6, 6.07) is 11.0. The molecular weight excluding hydrogens is 560 g/mol. The van der Waals surface area contributed by atoms with E-state index in [1.165, 1.54) is 36.4 Å². The van der Waals surface area contributed by atoms with Crippen molar-refractivity contribution in [2.75, 3.05) is 12.0 Å². The zero-order valence-electron chi connectivity index (χ0n) is 23.2. The number of aromatic amines is 1. The van der Waals surface area contributed by atoms with Crippen LogP contribution >= 0.6 is 11.8 Å². The molecule has 0 aliphatic heterocycles. The smallest absolute Gasteiger partial charge is 0.326 e.